The topological polar surface area (TPSA) is 32.8 Å². The lowest BCUT2D eigenvalue weighted by atomic mass is 10.1. The first kappa shape index (κ1) is 11.9. The van der Waals surface area contributed by atoms with Gasteiger partial charge in [-0.15, -0.1) is 0 Å². The van der Waals surface area contributed by atoms with Crippen LogP contribution in [0, 0.1) is 0 Å². The molecule has 90 valence electrons. The number of hydrogen-bond donors (Lipinski definition) is 0. The SMILES string of the molecule is CCN1C=CC(=C2OC(=S)N(CC)C2=O)C=C1. The third-order valence-corrected chi connectivity index (χ3v) is 2.99. The van der Waals surface area contributed by atoms with Crippen LogP contribution in [0.4, 0.5) is 0 Å². The summed E-state index contributed by atoms with van der Waals surface area (Å²) >= 11 is 5.00. The van der Waals surface area contributed by atoms with Gasteiger partial charge in [-0.05, 0) is 38.2 Å². The van der Waals surface area contributed by atoms with Gasteiger partial charge in [0.1, 0.15) is 0 Å². The summed E-state index contributed by atoms with van der Waals surface area (Å²) in [5, 5.41) is 0.236. The average molecular weight is 250 g/mol. The fraction of sp³-hybridized carbons (Fsp3) is 0.333. The van der Waals surface area contributed by atoms with E-state index in [1.807, 2.05) is 36.4 Å². The monoisotopic (exact) mass is 250 g/mol. The van der Waals surface area contributed by atoms with Crippen LogP contribution in [-0.2, 0) is 9.53 Å². The van der Waals surface area contributed by atoms with Gasteiger partial charge in [-0.25, -0.2) is 0 Å². The molecule has 17 heavy (non-hydrogen) atoms. The van der Waals surface area contributed by atoms with Crippen LogP contribution < -0.4 is 0 Å². The molecule has 0 radical (unpaired) electrons. The second-order valence-corrected chi connectivity index (χ2v) is 4.01. The van der Waals surface area contributed by atoms with Crippen molar-refractivity contribution in [2.45, 2.75) is 13.8 Å². The van der Waals surface area contributed by atoms with E-state index in [0.717, 1.165) is 12.1 Å². The summed E-state index contributed by atoms with van der Waals surface area (Å²) in [4.78, 5) is 15.4. The minimum atomic E-state index is -0.160. The Bertz CT molecular complexity index is 435. The summed E-state index contributed by atoms with van der Waals surface area (Å²) in [5.41, 5.74) is 0.762. The minimum absolute atomic E-state index is 0.160. The van der Waals surface area contributed by atoms with Crippen LogP contribution in [-0.4, -0.2) is 34.0 Å². The van der Waals surface area contributed by atoms with Gasteiger partial charge in [0.15, 0.2) is 0 Å². The Hall–Kier alpha value is -1.62. The Balaban J connectivity index is 2.27. The lowest BCUT2D eigenvalue weighted by molar-refractivity contribution is -0.122. The van der Waals surface area contributed by atoms with Crippen molar-refractivity contribution in [2.75, 3.05) is 13.1 Å². The zero-order valence-corrected chi connectivity index (χ0v) is 10.7. The second-order valence-electron chi connectivity index (χ2n) is 3.66. The zero-order chi connectivity index (χ0) is 12.4. The molecule has 0 saturated carbocycles. The van der Waals surface area contributed by atoms with Crippen LogP contribution in [0.25, 0.3) is 0 Å². The van der Waals surface area contributed by atoms with Gasteiger partial charge >= 0.3 is 0 Å². The summed E-state index contributed by atoms with van der Waals surface area (Å²) in [6, 6.07) is 0. The van der Waals surface area contributed by atoms with Crippen LogP contribution in [0.5, 0.6) is 0 Å². The molecule has 1 saturated heterocycles. The number of allylic oxidation sites excluding steroid dienone is 3. The Morgan fingerprint density at radius 1 is 1.24 bits per heavy atom. The van der Waals surface area contributed by atoms with E-state index in [-0.39, 0.29) is 11.1 Å². The summed E-state index contributed by atoms with van der Waals surface area (Å²) in [5.74, 6) is 0.159. The van der Waals surface area contributed by atoms with Crippen molar-refractivity contribution in [3.05, 3.63) is 35.9 Å². The molecule has 0 aromatic rings. The highest BCUT2D eigenvalue weighted by molar-refractivity contribution is 7.80. The molecule has 1 amide bonds. The number of thiocarbonyl (C=S) groups is 1. The quantitative estimate of drug-likeness (QED) is 0.552. The minimum Gasteiger partial charge on any atom is -0.425 e. The van der Waals surface area contributed by atoms with Crippen LogP contribution in [0.2, 0.25) is 0 Å². The van der Waals surface area contributed by atoms with E-state index in [9.17, 15) is 4.79 Å². The van der Waals surface area contributed by atoms with Crippen molar-refractivity contribution in [1.82, 2.24) is 9.80 Å². The molecular weight excluding hydrogens is 236 g/mol. The molecular formula is C12H14N2O2S. The van der Waals surface area contributed by atoms with Crippen molar-refractivity contribution in [3.63, 3.8) is 0 Å². The predicted octanol–water partition coefficient (Wildman–Crippen LogP) is 1.77. The Kier molecular flexibility index (Phi) is 3.28. The largest absolute Gasteiger partial charge is 0.425 e. The van der Waals surface area contributed by atoms with Gasteiger partial charge in [0, 0.05) is 31.1 Å². The van der Waals surface area contributed by atoms with E-state index in [2.05, 4.69) is 6.92 Å². The third-order valence-electron chi connectivity index (χ3n) is 2.68. The molecule has 0 aliphatic carbocycles. The maximum atomic E-state index is 12.0. The van der Waals surface area contributed by atoms with Gasteiger partial charge < -0.3 is 9.64 Å². The number of carbonyl (C=O) groups excluding carboxylic acids is 1. The number of hydrogen-bond acceptors (Lipinski definition) is 4. The third kappa shape index (κ3) is 2.10. The number of carbonyl (C=O) groups is 1. The molecule has 2 aliphatic rings. The highest BCUT2D eigenvalue weighted by Crippen LogP contribution is 2.23. The molecule has 5 heteroatoms. The van der Waals surface area contributed by atoms with Crippen molar-refractivity contribution in [2.24, 2.45) is 0 Å². The standard InChI is InChI=1S/C12H14N2O2S/c1-3-13-7-5-9(6-8-13)10-11(15)14(4-2)12(17)16-10/h5-8H,3-4H2,1-2H3. The molecule has 2 heterocycles. The Morgan fingerprint density at radius 2 is 1.88 bits per heavy atom. The van der Waals surface area contributed by atoms with Gasteiger partial charge in [0.25, 0.3) is 11.1 Å². The van der Waals surface area contributed by atoms with Crippen LogP contribution in [0.15, 0.2) is 35.9 Å². The smallest absolute Gasteiger partial charge is 0.297 e. The summed E-state index contributed by atoms with van der Waals surface area (Å²) in [6.07, 6.45) is 7.55. The fourth-order valence-corrected chi connectivity index (χ4v) is 1.96. The van der Waals surface area contributed by atoms with E-state index in [0.29, 0.717) is 12.3 Å². The number of likely N-dealkylation sites (N-methyl/N-ethyl adjacent to an activating group) is 1. The molecule has 4 nitrogen and oxygen atoms in total. The predicted molar refractivity (Wildman–Crippen MR) is 68.8 cm³/mol. The molecule has 2 aliphatic heterocycles. The van der Waals surface area contributed by atoms with Gasteiger partial charge in [0.05, 0.1) is 0 Å². The molecule has 1 fully saturated rings. The van der Waals surface area contributed by atoms with E-state index in [1.54, 1.807) is 0 Å². The zero-order valence-electron chi connectivity index (χ0n) is 9.84. The summed E-state index contributed by atoms with van der Waals surface area (Å²) < 4.78 is 5.35. The molecule has 0 atom stereocenters. The molecule has 0 aromatic heterocycles. The van der Waals surface area contributed by atoms with Crippen LogP contribution >= 0.6 is 12.2 Å². The molecule has 0 N–H and O–H groups in total. The number of nitrogens with zero attached hydrogens (tertiary/aromatic N) is 2. The Labute approximate surface area is 106 Å². The van der Waals surface area contributed by atoms with Gasteiger partial charge in [-0.3, -0.25) is 9.69 Å². The van der Waals surface area contributed by atoms with Crippen LogP contribution in [0.1, 0.15) is 13.8 Å². The first-order valence-corrected chi connectivity index (χ1v) is 5.98. The van der Waals surface area contributed by atoms with Crippen molar-refractivity contribution >= 4 is 23.3 Å². The van der Waals surface area contributed by atoms with Gasteiger partial charge in [-0.1, -0.05) is 0 Å². The van der Waals surface area contributed by atoms with Crippen molar-refractivity contribution < 1.29 is 9.53 Å². The first-order chi connectivity index (χ1) is 8.17. The van der Waals surface area contributed by atoms with E-state index in [1.165, 1.54) is 4.90 Å². The highest BCUT2D eigenvalue weighted by Gasteiger charge is 2.33. The summed E-state index contributed by atoms with van der Waals surface area (Å²) in [6.45, 7) is 5.34. The lowest BCUT2D eigenvalue weighted by Crippen LogP contribution is -2.28. The molecule has 0 spiro atoms. The highest BCUT2D eigenvalue weighted by atomic mass is 32.1. The molecule has 0 unspecified atom stereocenters. The van der Waals surface area contributed by atoms with Crippen molar-refractivity contribution in [1.29, 1.82) is 0 Å². The van der Waals surface area contributed by atoms with E-state index >= 15 is 0 Å². The van der Waals surface area contributed by atoms with Crippen molar-refractivity contribution in [3.8, 4) is 0 Å². The maximum Gasteiger partial charge on any atom is 0.297 e. The normalized spacial score (nSPS) is 19.4. The number of rotatable bonds is 2. The molecule has 0 aromatic carbocycles. The van der Waals surface area contributed by atoms with Gasteiger partial charge in [-0.2, -0.15) is 0 Å². The van der Waals surface area contributed by atoms with Gasteiger partial charge in [0.2, 0.25) is 5.76 Å². The van der Waals surface area contributed by atoms with E-state index in [4.69, 9.17) is 17.0 Å². The average Bonchev–Trinajstić information content (AvgIpc) is 2.64. The number of amides is 1. The summed E-state index contributed by atoms with van der Waals surface area (Å²) in [7, 11) is 0. The molecule has 2 rings (SSSR count). The Morgan fingerprint density at radius 3 is 2.35 bits per heavy atom. The lowest BCUT2D eigenvalue weighted by Gasteiger charge is -2.16. The number of ether oxygens (including phenoxy) is 1. The first-order valence-electron chi connectivity index (χ1n) is 5.57. The second kappa shape index (κ2) is 4.71. The van der Waals surface area contributed by atoms with E-state index < -0.39 is 0 Å². The fourth-order valence-electron chi connectivity index (χ4n) is 1.67. The maximum absolute atomic E-state index is 12.0. The molecule has 0 bridgehead atoms. The van der Waals surface area contributed by atoms with Crippen LogP contribution in [0.3, 0.4) is 0 Å².